The van der Waals surface area contributed by atoms with Gasteiger partial charge >= 0.3 is 24.0 Å². The molecule has 0 spiro atoms. The maximum absolute atomic E-state index is 13.1. The summed E-state index contributed by atoms with van der Waals surface area (Å²) in [6.45, 7) is 22.1. The normalized spacial score (nSPS) is 13.0. The number of urea groups is 2. The van der Waals surface area contributed by atoms with E-state index in [2.05, 4.69) is 100 Å². The minimum atomic E-state index is -0.824. The van der Waals surface area contributed by atoms with Crippen LogP contribution in [0.4, 0.5) is 38.0 Å². The number of esters is 2. The fourth-order valence-corrected chi connectivity index (χ4v) is 12.7. The Kier molecular flexibility index (Phi) is 25.1. The van der Waals surface area contributed by atoms with Gasteiger partial charge in [-0.05, 0) is 174 Å². The van der Waals surface area contributed by atoms with Crippen molar-refractivity contribution in [2.24, 2.45) is 0 Å². The van der Waals surface area contributed by atoms with Crippen molar-refractivity contribution in [3.8, 4) is 11.5 Å². The molecule has 0 radical (unpaired) electrons. The molecular weight excluding hydrogens is 1400 g/mol. The van der Waals surface area contributed by atoms with Gasteiger partial charge in [0.1, 0.15) is 11.5 Å². The molecular formula is C82H84N16O12. The summed E-state index contributed by atoms with van der Waals surface area (Å²) in [5.41, 5.74) is 11.2. The number of hydrogen-bond acceptors (Lipinski definition) is 16. The second-order valence-corrected chi connectivity index (χ2v) is 25.7. The van der Waals surface area contributed by atoms with Gasteiger partial charge < -0.3 is 71.8 Å². The van der Waals surface area contributed by atoms with Gasteiger partial charge in [-0.15, -0.1) is 0 Å². The quantitative estimate of drug-likeness (QED) is 0.0137. The average molecular weight is 1490 g/mol. The number of ether oxygens (including phenoxy) is 2. The van der Waals surface area contributed by atoms with Crippen LogP contribution in [-0.2, 0) is 25.6 Å². The first-order chi connectivity index (χ1) is 53.1. The number of amides is 8. The lowest BCUT2D eigenvalue weighted by Gasteiger charge is -2.18. The van der Waals surface area contributed by atoms with Crippen molar-refractivity contribution in [3.63, 3.8) is 0 Å². The zero-order valence-corrected chi connectivity index (χ0v) is 62.0. The summed E-state index contributed by atoms with van der Waals surface area (Å²) in [5, 5.41) is 32.3. The number of aryl methyl sites for hydroxylation is 2. The predicted molar refractivity (Wildman–Crippen MR) is 423 cm³/mol. The number of carbonyl (C=O) groups excluding carboxylic acids is 10. The Morgan fingerprint density at radius 2 is 0.900 bits per heavy atom. The highest BCUT2D eigenvalue weighted by atomic mass is 16.5. The van der Waals surface area contributed by atoms with Crippen molar-refractivity contribution < 1.29 is 57.4 Å². The largest absolute Gasteiger partial charge is 0.423 e. The minimum absolute atomic E-state index is 0.153. The maximum Gasteiger partial charge on any atom is 0.336 e. The fraction of sp³-hybridized carbons (Fsp3) is 0.220. The topological polar surface area (TPSA) is 359 Å². The molecule has 28 nitrogen and oxygen atoms in total. The van der Waals surface area contributed by atoms with Crippen molar-refractivity contribution in [1.82, 2.24) is 55.3 Å². The van der Waals surface area contributed by atoms with E-state index in [0.29, 0.717) is 144 Å². The van der Waals surface area contributed by atoms with Crippen LogP contribution < -0.4 is 52.0 Å². The molecule has 0 saturated carbocycles. The molecule has 28 heteroatoms. The Bertz CT molecular complexity index is 5320. The zero-order valence-electron chi connectivity index (χ0n) is 62.0. The molecule has 2 aliphatic heterocycles. The Hall–Kier alpha value is -13.6. The Morgan fingerprint density at radius 1 is 0.473 bits per heavy atom. The number of rotatable bonds is 26. The van der Waals surface area contributed by atoms with Gasteiger partial charge in [0.25, 0.3) is 35.4 Å². The van der Waals surface area contributed by atoms with Gasteiger partial charge in [0, 0.05) is 130 Å². The molecule has 6 aromatic carbocycles. The second-order valence-electron chi connectivity index (χ2n) is 25.7. The van der Waals surface area contributed by atoms with E-state index in [1.807, 2.05) is 64.1 Å². The van der Waals surface area contributed by atoms with E-state index in [1.54, 1.807) is 97.1 Å². The summed E-state index contributed by atoms with van der Waals surface area (Å²) in [5.74, 6) is -3.64. The first kappa shape index (κ1) is 77.5. The monoisotopic (exact) mass is 1480 g/mol. The Morgan fingerprint density at radius 3 is 1.35 bits per heavy atom. The van der Waals surface area contributed by atoms with Crippen LogP contribution in [0.15, 0.2) is 170 Å². The van der Waals surface area contributed by atoms with E-state index in [1.165, 1.54) is 24.5 Å². The summed E-state index contributed by atoms with van der Waals surface area (Å²) < 4.78 is 13.2. The summed E-state index contributed by atoms with van der Waals surface area (Å²) in [4.78, 5) is 140. The first-order valence-corrected chi connectivity index (χ1v) is 35.9. The molecule has 10 aromatic rings. The van der Waals surface area contributed by atoms with Crippen LogP contribution in [0.2, 0.25) is 0 Å². The third-order valence-corrected chi connectivity index (χ3v) is 18.6. The predicted octanol–water partition coefficient (Wildman–Crippen LogP) is 11.7. The summed E-state index contributed by atoms with van der Waals surface area (Å²) in [6, 6.07) is 37.4. The van der Waals surface area contributed by atoms with Gasteiger partial charge in [0.2, 0.25) is 0 Å². The number of carbonyl (C=O) groups is 10. The van der Waals surface area contributed by atoms with Crippen LogP contribution in [-0.4, -0.2) is 158 Å². The van der Waals surface area contributed by atoms with Crippen LogP contribution in [0.5, 0.6) is 11.5 Å². The fourth-order valence-electron chi connectivity index (χ4n) is 12.7. The van der Waals surface area contributed by atoms with Crippen LogP contribution in [0.1, 0.15) is 109 Å². The number of para-hydroxylation sites is 1. The highest BCUT2D eigenvalue weighted by Gasteiger charge is 2.29. The molecule has 110 heavy (non-hydrogen) atoms. The molecule has 8 amide bonds. The minimum Gasteiger partial charge on any atom is -0.423 e. The van der Waals surface area contributed by atoms with Gasteiger partial charge in [-0.1, -0.05) is 76.2 Å². The number of aromatic nitrogens is 6. The molecule has 0 saturated heterocycles. The summed E-state index contributed by atoms with van der Waals surface area (Å²) in [7, 11) is 0. The van der Waals surface area contributed by atoms with E-state index in [4.69, 9.17) is 9.47 Å². The summed E-state index contributed by atoms with van der Waals surface area (Å²) >= 11 is 0. The zero-order chi connectivity index (χ0) is 78.1. The lowest BCUT2D eigenvalue weighted by Crippen LogP contribution is -2.35. The van der Waals surface area contributed by atoms with Crippen LogP contribution in [0.25, 0.3) is 45.1 Å². The number of likely N-dealkylation sites (N-methyl/N-ethyl adjacent to an activating group) is 2. The number of nitrogens with one attached hydrogen (secondary N) is 10. The van der Waals surface area contributed by atoms with E-state index in [9.17, 15) is 47.9 Å². The van der Waals surface area contributed by atoms with Crippen LogP contribution >= 0.6 is 0 Å². The third kappa shape index (κ3) is 19.0. The number of benzene rings is 6. The molecule has 0 atom stereocenters. The van der Waals surface area contributed by atoms with E-state index < -0.39 is 29.8 Å². The van der Waals surface area contributed by atoms with Crippen LogP contribution in [0.3, 0.4) is 0 Å². The molecule has 0 bridgehead atoms. The van der Waals surface area contributed by atoms with Crippen molar-refractivity contribution in [2.75, 3.05) is 85.5 Å². The van der Waals surface area contributed by atoms with Gasteiger partial charge in [-0.2, -0.15) is 19.6 Å². The Balaban J connectivity index is 0.000000218. The third-order valence-electron chi connectivity index (χ3n) is 18.6. The number of anilines is 5. The van der Waals surface area contributed by atoms with Gasteiger partial charge in [0.15, 0.2) is 0 Å². The van der Waals surface area contributed by atoms with Gasteiger partial charge in [-0.3, -0.25) is 28.8 Å². The van der Waals surface area contributed by atoms with Crippen LogP contribution in [0, 0.1) is 27.7 Å². The first-order valence-electron chi connectivity index (χ1n) is 35.9. The highest BCUT2D eigenvalue weighted by molar-refractivity contribution is 6.36. The number of hydrogen-bond donors (Lipinski definition) is 10. The van der Waals surface area contributed by atoms with Gasteiger partial charge in [-0.25, -0.2) is 19.2 Å². The number of nitrogens with zero attached hydrogens (tertiary/aromatic N) is 6. The number of H-pyrrole nitrogens is 2. The molecule has 12 rings (SSSR count). The summed E-state index contributed by atoms with van der Waals surface area (Å²) in [6.07, 6.45) is 11.1. The second kappa shape index (κ2) is 35.7. The van der Waals surface area contributed by atoms with Gasteiger partial charge in [0.05, 0.1) is 45.7 Å². The molecule has 0 unspecified atom stereocenters. The highest BCUT2D eigenvalue weighted by Crippen LogP contribution is 2.39. The van der Waals surface area contributed by atoms with Crippen molar-refractivity contribution in [1.29, 1.82) is 0 Å². The molecule has 0 fully saturated rings. The van der Waals surface area contributed by atoms with E-state index in [0.717, 1.165) is 78.5 Å². The SMILES string of the molecule is CCN(CC)CCNC(=O)c1c(C)[nH]c(/C=C2\C(=O)Nc3ccc(OC(=O)/C=C/C(=O)n4ncc5ccc(NC(=O)NCCc6ccccc6)cc54)cc32)c1C.CCN(CC)CCNC(=O)c1c(C)[nH]c(/C=C2\C(=O)Nc3ccc(OC(=O)/C=C/C(=O)n4ncc5ccc(NC(=O)Nc6ccccc6)cc54)cc32)c1C. The lowest BCUT2D eigenvalue weighted by molar-refractivity contribution is -0.129. The molecule has 564 valence electrons. The van der Waals surface area contributed by atoms with Crippen molar-refractivity contribution in [2.45, 2.75) is 61.8 Å². The van der Waals surface area contributed by atoms with Crippen molar-refractivity contribution in [3.05, 3.63) is 232 Å². The molecule has 2 aliphatic rings. The van der Waals surface area contributed by atoms with E-state index in [-0.39, 0.29) is 41.2 Å². The number of allylic oxidation sites excluding steroid dienone is 2. The number of fused-ring (bicyclic) bond motifs is 4. The number of aromatic amines is 2. The lowest BCUT2D eigenvalue weighted by atomic mass is 10.0. The molecule has 0 aliphatic carbocycles. The molecule has 10 N–H and O–H groups in total. The molecule has 4 aromatic heterocycles. The van der Waals surface area contributed by atoms with Crippen molar-refractivity contribution >= 4 is 133 Å². The smallest absolute Gasteiger partial charge is 0.336 e. The van der Waals surface area contributed by atoms with E-state index >= 15 is 0 Å². The Labute approximate surface area is 633 Å². The average Bonchev–Trinajstić information content (AvgIpc) is 1.64. The molecule has 6 heterocycles. The standard InChI is InChI=1S/C42H44N8O6.C40H40N8O6/c1-5-49(6-2)21-20-43-41(54)39-26(3)35(46-27(39)4)24-33-32-23-31(14-15-34(32)48-40(33)53)56-38(52)17-16-37(51)50-36-22-30(13-12-29(36)25-45-50)47-42(55)44-19-18-28-10-8-7-9-11-28;1-5-47(6-2)19-18-41-39(52)37-24(3)33(43-25(37)4)22-31-30-21-29(14-15-32(30)46-38(31)51)54-36(50)17-16-35(49)48-34-20-28(13-12-26(34)23-42-48)45-40(53)44-27-10-8-7-9-11-27/h7-17,22-25,46H,5-6,18-21H2,1-4H3,(H,43,54)(H,48,53)(H2,44,47,55);7-17,20-23,43H,5-6,18-19H2,1-4H3,(H,41,52)(H,46,51)(H2,44,45,53)/b17-16+,33-24-;17-16+,31-22-. The maximum atomic E-state index is 13.1.